The van der Waals surface area contributed by atoms with Crippen LogP contribution in [0.25, 0.3) is 11.1 Å². The Hall–Kier alpha value is -3.14. The van der Waals surface area contributed by atoms with Gasteiger partial charge < -0.3 is 24.5 Å². The number of nitrogens with one attached hydrogen (secondary N) is 1. The molecule has 0 saturated heterocycles. The number of oxazole rings is 1. The highest BCUT2D eigenvalue weighted by Crippen LogP contribution is 2.31. The third kappa shape index (κ3) is 8.94. The van der Waals surface area contributed by atoms with Gasteiger partial charge in [0.2, 0.25) is 5.89 Å². The molecule has 0 saturated carbocycles. The second-order valence-electron chi connectivity index (χ2n) is 10.2. The van der Waals surface area contributed by atoms with Crippen molar-refractivity contribution in [2.24, 2.45) is 0 Å². The van der Waals surface area contributed by atoms with Gasteiger partial charge in [-0.15, -0.1) is 0 Å². The smallest absolute Gasteiger partial charge is 0.326 e. The number of aliphatic carboxylic acids is 1. The first-order chi connectivity index (χ1) is 19.2. The Balaban J connectivity index is 1.88. The molecular weight excluding hydrogens is 526 g/mol. The Morgan fingerprint density at radius 1 is 1.15 bits per heavy atom. The van der Waals surface area contributed by atoms with Crippen LogP contribution in [0.5, 0.6) is 0 Å². The van der Waals surface area contributed by atoms with E-state index in [4.69, 9.17) is 9.15 Å². The van der Waals surface area contributed by atoms with E-state index in [1.807, 2.05) is 68.6 Å². The number of carboxylic acids is 1. The molecule has 8 nitrogen and oxygen atoms in total. The number of amides is 1. The first-order valence-electron chi connectivity index (χ1n) is 13.7. The Labute approximate surface area is 241 Å². The molecule has 0 unspecified atom stereocenters. The molecule has 1 heterocycles. The van der Waals surface area contributed by atoms with E-state index in [-0.39, 0.29) is 6.10 Å². The van der Waals surface area contributed by atoms with Crippen molar-refractivity contribution in [1.29, 1.82) is 0 Å². The first-order valence-corrected chi connectivity index (χ1v) is 15.0. The van der Waals surface area contributed by atoms with Crippen molar-refractivity contribution in [3.05, 3.63) is 77.0 Å². The van der Waals surface area contributed by atoms with Gasteiger partial charge in [0.15, 0.2) is 5.76 Å². The van der Waals surface area contributed by atoms with Crippen molar-refractivity contribution in [2.75, 3.05) is 26.1 Å². The molecule has 3 rings (SSSR count). The van der Waals surface area contributed by atoms with Crippen LogP contribution in [-0.2, 0) is 22.7 Å². The quantitative estimate of drug-likeness (QED) is 0.214. The number of ether oxygens (including phenoxy) is 1. The maximum absolute atomic E-state index is 13.4. The van der Waals surface area contributed by atoms with Gasteiger partial charge in [0, 0.05) is 5.56 Å². The van der Waals surface area contributed by atoms with Crippen LogP contribution >= 0.6 is 11.8 Å². The molecule has 2 N–H and O–H groups in total. The van der Waals surface area contributed by atoms with Gasteiger partial charge >= 0.3 is 5.97 Å². The minimum atomic E-state index is -1.04. The van der Waals surface area contributed by atoms with Crippen LogP contribution in [0.3, 0.4) is 0 Å². The van der Waals surface area contributed by atoms with Gasteiger partial charge in [-0.05, 0) is 80.3 Å². The van der Waals surface area contributed by atoms with Crippen molar-refractivity contribution >= 4 is 23.6 Å². The third-order valence-electron chi connectivity index (χ3n) is 6.59. The van der Waals surface area contributed by atoms with Crippen LogP contribution in [0.4, 0.5) is 0 Å². The van der Waals surface area contributed by atoms with E-state index in [1.165, 1.54) is 0 Å². The number of unbranched alkanes of at least 4 members (excludes halogenated alkanes) is 1. The molecule has 0 aliphatic carbocycles. The topological polar surface area (TPSA) is 105 Å². The number of hydrogen-bond donors (Lipinski definition) is 2. The Morgan fingerprint density at radius 2 is 1.93 bits per heavy atom. The van der Waals surface area contributed by atoms with Crippen molar-refractivity contribution in [3.8, 4) is 11.1 Å². The zero-order valence-corrected chi connectivity index (χ0v) is 24.9. The highest BCUT2D eigenvalue weighted by molar-refractivity contribution is 7.98. The number of hydrogen-bond acceptors (Lipinski definition) is 7. The van der Waals surface area contributed by atoms with E-state index in [1.54, 1.807) is 24.0 Å². The highest BCUT2D eigenvalue weighted by atomic mass is 32.2. The molecule has 0 fully saturated rings. The second kappa shape index (κ2) is 15.6. The average Bonchev–Trinajstić information content (AvgIpc) is 3.38. The normalized spacial score (nSPS) is 12.8. The van der Waals surface area contributed by atoms with Gasteiger partial charge in [-0.25, -0.2) is 9.78 Å². The third-order valence-corrected chi connectivity index (χ3v) is 7.23. The van der Waals surface area contributed by atoms with E-state index in [9.17, 15) is 14.7 Å². The van der Waals surface area contributed by atoms with E-state index >= 15 is 0 Å². The fourth-order valence-corrected chi connectivity index (χ4v) is 4.89. The van der Waals surface area contributed by atoms with Crippen LogP contribution in [0.1, 0.15) is 71.8 Å². The molecule has 0 aliphatic heterocycles. The lowest BCUT2D eigenvalue weighted by atomic mass is 9.93. The lowest BCUT2D eigenvalue weighted by molar-refractivity contribution is -0.139. The van der Waals surface area contributed by atoms with E-state index in [0.29, 0.717) is 42.5 Å². The van der Waals surface area contributed by atoms with Gasteiger partial charge in [0.25, 0.3) is 5.91 Å². The van der Waals surface area contributed by atoms with Crippen LogP contribution in [0, 0.1) is 6.92 Å². The minimum Gasteiger partial charge on any atom is -0.480 e. The number of benzene rings is 2. The largest absolute Gasteiger partial charge is 0.480 e. The highest BCUT2D eigenvalue weighted by Gasteiger charge is 2.23. The molecule has 0 radical (unpaired) electrons. The van der Waals surface area contributed by atoms with Crippen LogP contribution < -0.4 is 5.32 Å². The molecule has 216 valence electrons. The summed E-state index contributed by atoms with van der Waals surface area (Å²) in [6, 6.07) is 12.5. The molecule has 0 aliphatic rings. The Bertz CT molecular complexity index is 1260. The summed E-state index contributed by atoms with van der Waals surface area (Å²) >= 11 is 1.55. The standard InChI is InChI=1S/C31H41N3O5S/c1-6-7-12-27(28-18-32-29(39-28)19-34(3)4)38-20-22-13-14-24(25(17-22)23-11-9-8-10-21(23)2)30(35)33-26(31(36)37)15-16-40-5/h8-11,13-14,17-18,26-27H,6-7,12,15-16,19-20H2,1-5H3,(H,33,35)(H,36,37)/t26-,27-/m0/s1. The fraction of sp³-hybridized carbons (Fsp3) is 0.452. The number of aromatic nitrogens is 1. The summed E-state index contributed by atoms with van der Waals surface area (Å²) in [7, 11) is 3.94. The molecule has 1 amide bonds. The molecule has 9 heteroatoms. The summed E-state index contributed by atoms with van der Waals surface area (Å²) in [6.45, 7) is 5.08. The summed E-state index contributed by atoms with van der Waals surface area (Å²) in [5, 5.41) is 12.4. The minimum absolute atomic E-state index is 0.235. The number of carbonyl (C=O) groups is 2. The summed E-state index contributed by atoms with van der Waals surface area (Å²) in [4.78, 5) is 31.5. The molecule has 0 bridgehead atoms. The van der Waals surface area contributed by atoms with Crippen molar-refractivity contribution in [3.63, 3.8) is 0 Å². The number of rotatable bonds is 16. The second-order valence-corrected chi connectivity index (χ2v) is 11.2. The van der Waals surface area contributed by atoms with Crippen LogP contribution in [0.2, 0.25) is 0 Å². The summed E-state index contributed by atoms with van der Waals surface area (Å²) < 4.78 is 12.4. The SMILES string of the molecule is CCCC[C@H](OCc1ccc(C(=O)N[C@@H](CCSC)C(=O)O)c(-c2ccccc2C)c1)c1cnc(CN(C)C)o1. The predicted octanol–water partition coefficient (Wildman–Crippen LogP) is 6.10. The molecule has 40 heavy (non-hydrogen) atoms. The molecule has 2 aromatic carbocycles. The number of carbonyl (C=O) groups excluding carboxylic acids is 1. The van der Waals surface area contributed by atoms with Gasteiger partial charge in [0.1, 0.15) is 12.1 Å². The summed E-state index contributed by atoms with van der Waals surface area (Å²) in [6.07, 6.45) is 6.62. The molecule has 2 atom stereocenters. The van der Waals surface area contributed by atoms with E-state index in [0.717, 1.165) is 41.5 Å². The number of nitrogens with zero attached hydrogens (tertiary/aromatic N) is 2. The fourth-order valence-electron chi connectivity index (χ4n) is 4.42. The van der Waals surface area contributed by atoms with Crippen molar-refractivity contribution in [2.45, 2.75) is 64.8 Å². The monoisotopic (exact) mass is 567 g/mol. The molecular formula is C31H41N3O5S. The maximum atomic E-state index is 13.4. The van der Waals surface area contributed by atoms with E-state index in [2.05, 4.69) is 17.2 Å². The first kappa shape index (κ1) is 31.4. The number of carboxylic acid groups (broad SMARTS) is 1. The van der Waals surface area contributed by atoms with Crippen molar-refractivity contribution < 1.29 is 23.8 Å². The summed E-state index contributed by atoms with van der Waals surface area (Å²) in [5.74, 6) is 0.559. The van der Waals surface area contributed by atoms with E-state index < -0.39 is 17.9 Å². The molecule has 0 spiro atoms. The number of thioether (sulfide) groups is 1. The predicted molar refractivity (Wildman–Crippen MR) is 159 cm³/mol. The van der Waals surface area contributed by atoms with Crippen LogP contribution in [-0.4, -0.2) is 59.0 Å². The Morgan fingerprint density at radius 3 is 2.60 bits per heavy atom. The van der Waals surface area contributed by atoms with Crippen molar-refractivity contribution in [1.82, 2.24) is 15.2 Å². The summed E-state index contributed by atoms with van der Waals surface area (Å²) in [5.41, 5.74) is 4.00. The molecule has 3 aromatic rings. The van der Waals surface area contributed by atoms with Crippen LogP contribution in [0.15, 0.2) is 53.1 Å². The maximum Gasteiger partial charge on any atom is 0.326 e. The molecule has 1 aromatic heterocycles. The average molecular weight is 568 g/mol. The lowest BCUT2D eigenvalue weighted by Crippen LogP contribution is -2.41. The number of aryl methyl sites for hydroxylation is 1. The lowest BCUT2D eigenvalue weighted by Gasteiger charge is -2.19. The van der Waals surface area contributed by atoms with Gasteiger partial charge in [-0.3, -0.25) is 4.79 Å². The zero-order chi connectivity index (χ0) is 29.1. The Kier molecular flexibility index (Phi) is 12.2. The van der Waals surface area contributed by atoms with Gasteiger partial charge in [-0.1, -0.05) is 50.1 Å². The van der Waals surface area contributed by atoms with Gasteiger partial charge in [0.05, 0.1) is 19.3 Å². The zero-order valence-electron chi connectivity index (χ0n) is 24.1. The van der Waals surface area contributed by atoms with Gasteiger partial charge in [-0.2, -0.15) is 11.8 Å².